The lowest BCUT2D eigenvalue weighted by Gasteiger charge is -2.31. The Balaban J connectivity index is 1.32. The monoisotopic (exact) mass is 494 g/mol. The molecule has 2 aromatic carbocycles. The van der Waals surface area contributed by atoms with Crippen molar-refractivity contribution in [2.45, 2.75) is 37.6 Å². The zero-order chi connectivity index (χ0) is 25.7. The van der Waals surface area contributed by atoms with Gasteiger partial charge in [0.05, 0.1) is 11.8 Å². The Kier molecular flexibility index (Phi) is 6.86. The first-order valence-electron chi connectivity index (χ1n) is 12.3. The molecule has 8 heteroatoms. The summed E-state index contributed by atoms with van der Waals surface area (Å²) in [5.74, 6) is -0.588. The maximum absolute atomic E-state index is 12.4. The number of carbonyl (C=O) groups is 2. The molecule has 4 aromatic rings. The van der Waals surface area contributed by atoms with E-state index in [1.165, 1.54) is 6.08 Å². The molecule has 0 bridgehead atoms. The fourth-order valence-electron chi connectivity index (χ4n) is 4.58. The summed E-state index contributed by atoms with van der Waals surface area (Å²) in [6.45, 7) is -0.452. The van der Waals surface area contributed by atoms with Crippen LogP contribution in [0.1, 0.15) is 37.7 Å². The summed E-state index contributed by atoms with van der Waals surface area (Å²) in [5.41, 5.74) is 1.93. The van der Waals surface area contributed by atoms with Gasteiger partial charge in [-0.1, -0.05) is 55.7 Å². The van der Waals surface area contributed by atoms with Gasteiger partial charge in [0, 0.05) is 23.2 Å². The van der Waals surface area contributed by atoms with Crippen LogP contribution in [-0.2, 0) is 14.3 Å². The predicted octanol–water partition coefficient (Wildman–Crippen LogP) is 5.18. The molecule has 5 rings (SSSR count). The molecule has 1 N–H and O–H groups in total. The molecule has 1 amide bonds. The minimum atomic E-state index is -0.870. The molecule has 0 atom stereocenters. The van der Waals surface area contributed by atoms with Gasteiger partial charge in [-0.25, -0.2) is 9.48 Å². The number of nitriles is 1. The van der Waals surface area contributed by atoms with Crippen molar-refractivity contribution < 1.29 is 18.7 Å². The van der Waals surface area contributed by atoms with Gasteiger partial charge >= 0.3 is 5.97 Å². The molecule has 0 aliphatic heterocycles. The minimum Gasteiger partial charge on any atom is -0.454 e. The van der Waals surface area contributed by atoms with Crippen molar-refractivity contribution in [1.29, 1.82) is 5.26 Å². The van der Waals surface area contributed by atoms with Crippen molar-refractivity contribution >= 4 is 28.9 Å². The van der Waals surface area contributed by atoms with Crippen LogP contribution < -0.4 is 5.32 Å². The highest BCUT2D eigenvalue weighted by atomic mass is 16.5. The second kappa shape index (κ2) is 10.5. The van der Waals surface area contributed by atoms with Gasteiger partial charge in [0.1, 0.15) is 16.8 Å². The molecule has 0 saturated heterocycles. The molecule has 1 saturated carbocycles. The number of benzene rings is 2. The van der Waals surface area contributed by atoms with Crippen LogP contribution in [0.3, 0.4) is 0 Å². The van der Waals surface area contributed by atoms with Crippen molar-refractivity contribution in [3.8, 4) is 23.2 Å². The highest BCUT2D eigenvalue weighted by Crippen LogP contribution is 2.31. The molecule has 0 spiro atoms. The molecule has 186 valence electrons. The number of ether oxygens (including phenoxy) is 1. The van der Waals surface area contributed by atoms with E-state index in [1.807, 2.05) is 60.7 Å². The van der Waals surface area contributed by atoms with E-state index in [0.29, 0.717) is 29.9 Å². The number of para-hydroxylation sites is 2. The molecule has 1 fully saturated rings. The average Bonchev–Trinajstić information content (AvgIpc) is 3.56. The Labute approximate surface area is 214 Å². The Hall–Kier alpha value is -4.64. The van der Waals surface area contributed by atoms with Crippen LogP contribution in [0.5, 0.6) is 0 Å². The van der Waals surface area contributed by atoms with Crippen molar-refractivity contribution in [3.05, 3.63) is 78.5 Å². The molecule has 2 aromatic heterocycles. The number of nitrogens with one attached hydrogen (secondary N) is 1. The molecule has 1 aliphatic carbocycles. The molecule has 37 heavy (non-hydrogen) atoms. The molecule has 2 heterocycles. The van der Waals surface area contributed by atoms with Crippen LogP contribution >= 0.6 is 0 Å². The lowest BCUT2D eigenvalue weighted by Crippen LogP contribution is -2.49. The van der Waals surface area contributed by atoms with Gasteiger partial charge in [0.15, 0.2) is 12.4 Å². The van der Waals surface area contributed by atoms with Crippen molar-refractivity contribution in [3.63, 3.8) is 0 Å². The number of esters is 1. The molecular formula is C29H26N4O4. The van der Waals surface area contributed by atoms with Gasteiger partial charge in [-0.3, -0.25) is 4.79 Å². The summed E-state index contributed by atoms with van der Waals surface area (Å²) in [4.78, 5) is 24.8. The smallest absolute Gasteiger partial charge is 0.331 e. The van der Waals surface area contributed by atoms with Crippen molar-refractivity contribution in [2.24, 2.45) is 0 Å². The lowest BCUT2D eigenvalue weighted by molar-refractivity contribution is -0.144. The number of hydrogen-bond donors (Lipinski definition) is 1. The number of aromatic nitrogens is 2. The minimum absolute atomic E-state index is 0.452. The first-order valence-corrected chi connectivity index (χ1v) is 12.3. The molecule has 8 nitrogen and oxygen atoms in total. The second-order valence-corrected chi connectivity index (χ2v) is 9.11. The van der Waals surface area contributed by atoms with E-state index in [0.717, 1.165) is 35.9 Å². The van der Waals surface area contributed by atoms with Gasteiger partial charge in [-0.2, -0.15) is 10.4 Å². The summed E-state index contributed by atoms with van der Waals surface area (Å²) in [6.07, 6.45) is 8.70. The average molecular weight is 495 g/mol. The number of carbonyl (C=O) groups excluding carboxylic acids is 2. The number of hydrogen-bond acceptors (Lipinski definition) is 6. The van der Waals surface area contributed by atoms with E-state index in [4.69, 9.17) is 14.3 Å². The van der Waals surface area contributed by atoms with Crippen molar-refractivity contribution in [2.75, 3.05) is 6.61 Å². The molecule has 0 unspecified atom stereocenters. The Bertz CT molecular complexity index is 1450. The first kappa shape index (κ1) is 24.1. The number of amides is 1. The lowest BCUT2D eigenvalue weighted by atomic mass is 9.83. The second-order valence-electron chi connectivity index (χ2n) is 9.11. The van der Waals surface area contributed by atoms with Crippen LogP contribution in [0.2, 0.25) is 0 Å². The Morgan fingerprint density at radius 3 is 2.62 bits per heavy atom. The number of rotatable bonds is 7. The Morgan fingerprint density at radius 2 is 1.86 bits per heavy atom. The van der Waals surface area contributed by atoms with E-state index < -0.39 is 24.0 Å². The third-order valence-corrected chi connectivity index (χ3v) is 6.47. The van der Waals surface area contributed by atoms with Gasteiger partial charge in [0.2, 0.25) is 0 Å². The van der Waals surface area contributed by atoms with Crippen LogP contribution in [0, 0.1) is 11.3 Å². The van der Waals surface area contributed by atoms with Crippen LogP contribution in [0.4, 0.5) is 0 Å². The highest BCUT2D eigenvalue weighted by Gasteiger charge is 2.33. The fraction of sp³-hybridized carbons (Fsp3) is 0.241. The zero-order valence-corrected chi connectivity index (χ0v) is 20.2. The summed E-state index contributed by atoms with van der Waals surface area (Å²) >= 11 is 0. The molecule has 0 radical (unpaired) electrons. The SMILES string of the molecule is N#CC1(NC(=O)COC(=O)/C=C/c2cn(-c3ccccc3)nc2-c2cc3ccccc3o2)CCCCC1. The topological polar surface area (TPSA) is 110 Å². The van der Waals surface area contributed by atoms with Crippen molar-refractivity contribution in [1.82, 2.24) is 15.1 Å². The van der Waals surface area contributed by atoms with Crippen LogP contribution in [0.15, 0.2) is 77.4 Å². The van der Waals surface area contributed by atoms with Gasteiger partial charge in [-0.15, -0.1) is 0 Å². The van der Waals surface area contributed by atoms with Gasteiger partial charge in [-0.05, 0) is 43.2 Å². The zero-order valence-electron chi connectivity index (χ0n) is 20.2. The largest absolute Gasteiger partial charge is 0.454 e. The summed E-state index contributed by atoms with van der Waals surface area (Å²) in [7, 11) is 0. The summed E-state index contributed by atoms with van der Waals surface area (Å²) in [6, 6.07) is 21.4. The summed E-state index contributed by atoms with van der Waals surface area (Å²) < 4.78 is 12.9. The van der Waals surface area contributed by atoms with Gasteiger partial charge < -0.3 is 14.5 Å². The third kappa shape index (κ3) is 5.46. The maximum Gasteiger partial charge on any atom is 0.331 e. The predicted molar refractivity (Wildman–Crippen MR) is 138 cm³/mol. The van der Waals surface area contributed by atoms with E-state index in [-0.39, 0.29) is 0 Å². The Morgan fingerprint density at radius 1 is 1.11 bits per heavy atom. The number of nitrogens with zero attached hydrogens (tertiary/aromatic N) is 3. The standard InChI is InChI=1S/C29H26N4O4/c30-20-29(15-7-2-8-16-29)31-26(34)19-36-27(35)14-13-22-18-33(23-10-3-1-4-11-23)32-28(22)25-17-21-9-5-6-12-24(21)37-25/h1,3-6,9-14,17-18H,2,7-8,15-16,19H2,(H,31,34)/b14-13+. The maximum atomic E-state index is 12.4. The van der Waals surface area contributed by atoms with Crippen LogP contribution in [0.25, 0.3) is 34.2 Å². The van der Waals surface area contributed by atoms with Crippen LogP contribution in [-0.4, -0.2) is 33.8 Å². The fourth-order valence-corrected chi connectivity index (χ4v) is 4.58. The normalized spacial score (nSPS) is 14.9. The number of furan rings is 1. The first-order chi connectivity index (χ1) is 18.0. The molecular weight excluding hydrogens is 468 g/mol. The quantitative estimate of drug-likeness (QED) is 0.280. The van der Waals surface area contributed by atoms with E-state index >= 15 is 0 Å². The van der Waals surface area contributed by atoms with E-state index in [9.17, 15) is 14.9 Å². The van der Waals surface area contributed by atoms with E-state index in [1.54, 1.807) is 17.0 Å². The van der Waals surface area contributed by atoms with E-state index in [2.05, 4.69) is 11.4 Å². The summed E-state index contributed by atoms with van der Waals surface area (Å²) in [5, 5.41) is 17.9. The molecule has 1 aliphatic rings. The third-order valence-electron chi connectivity index (χ3n) is 6.47. The van der Waals surface area contributed by atoms with Gasteiger partial charge in [0.25, 0.3) is 5.91 Å². The number of fused-ring (bicyclic) bond motifs is 1. The highest BCUT2D eigenvalue weighted by molar-refractivity contribution is 5.91.